The maximum Gasteiger partial charge on any atom is 0.408 e. The average Bonchev–Trinajstić information content (AvgIpc) is 3.43. The molecule has 0 fully saturated rings. The van der Waals surface area contributed by atoms with Crippen molar-refractivity contribution in [1.82, 2.24) is 20.5 Å². The van der Waals surface area contributed by atoms with Gasteiger partial charge in [0.25, 0.3) is 5.91 Å². The first-order valence-corrected chi connectivity index (χ1v) is 11.7. The second-order valence-electron chi connectivity index (χ2n) is 8.80. The SMILES string of the molecule is CCCC[C@H](NC(=O)O[C@H](c1nc2ccccc2s1)C(C)(C)C)C(=O)C(=O)Nc1ccn[nH]1. The number of hydrogen-bond donors (Lipinski definition) is 3. The molecule has 0 aliphatic carbocycles. The molecule has 176 valence electrons. The number of Topliss-reactive ketones (excluding diaryl/α,β-unsaturated/α-hetero) is 1. The molecule has 0 aliphatic heterocycles. The van der Waals surface area contributed by atoms with E-state index in [1.165, 1.54) is 23.6 Å². The third-order valence-corrected chi connectivity index (χ3v) is 6.05. The number of nitrogens with one attached hydrogen (secondary N) is 3. The Morgan fingerprint density at radius 3 is 2.58 bits per heavy atom. The zero-order valence-corrected chi connectivity index (χ0v) is 20.0. The highest BCUT2D eigenvalue weighted by atomic mass is 32.1. The number of hydrogen-bond acceptors (Lipinski definition) is 7. The van der Waals surface area contributed by atoms with Crippen molar-refractivity contribution in [1.29, 1.82) is 0 Å². The van der Waals surface area contributed by atoms with Crippen LogP contribution >= 0.6 is 11.3 Å². The van der Waals surface area contributed by atoms with Gasteiger partial charge in [0.15, 0.2) is 6.10 Å². The summed E-state index contributed by atoms with van der Waals surface area (Å²) < 4.78 is 6.77. The minimum absolute atomic E-state index is 0.300. The van der Waals surface area contributed by atoms with Crippen molar-refractivity contribution in [3.63, 3.8) is 0 Å². The number of alkyl carbamates (subject to hydrolysis) is 1. The van der Waals surface area contributed by atoms with Crippen molar-refractivity contribution in [2.75, 3.05) is 5.32 Å². The Morgan fingerprint density at radius 1 is 1.18 bits per heavy atom. The zero-order chi connectivity index (χ0) is 24.0. The first kappa shape index (κ1) is 24.4. The Labute approximate surface area is 196 Å². The summed E-state index contributed by atoms with van der Waals surface area (Å²) in [5.41, 5.74) is 0.397. The molecule has 2 amide bonds. The lowest BCUT2D eigenvalue weighted by Crippen LogP contribution is -2.46. The standard InChI is InChI=1S/C23H29N5O4S/c1-5-6-9-15(18(29)20(30)27-17-12-13-24-28-17)26-22(31)32-19(23(2,3)4)21-25-14-10-7-8-11-16(14)33-21/h7-8,10-13,15,19H,5-6,9H2,1-4H3,(H,26,31)(H2,24,27,28,30)/t15-,19+/m0/s1. The third kappa shape index (κ3) is 6.38. The number of H-pyrrole nitrogens is 1. The van der Waals surface area contributed by atoms with Gasteiger partial charge in [0.05, 0.1) is 16.4 Å². The number of fused-ring (bicyclic) bond motifs is 1. The van der Waals surface area contributed by atoms with Crippen LogP contribution < -0.4 is 10.6 Å². The molecule has 0 unspecified atom stereocenters. The fourth-order valence-corrected chi connectivity index (χ4v) is 4.47. The van der Waals surface area contributed by atoms with Crippen molar-refractivity contribution in [2.24, 2.45) is 5.41 Å². The van der Waals surface area contributed by atoms with Crippen LogP contribution in [0.25, 0.3) is 10.2 Å². The van der Waals surface area contributed by atoms with Crippen LogP contribution in [0.3, 0.4) is 0 Å². The van der Waals surface area contributed by atoms with Gasteiger partial charge in [-0.1, -0.05) is 52.7 Å². The maximum atomic E-state index is 12.8. The van der Waals surface area contributed by atoms with Gasteiger partial charge >= 0.3 is 6.09 Å². The van der Waals surface area contributed by atoms with E-state index in [9.17, 15) is 14.4 Å². The van der Waals surface area contributed by atoms with E-state index in [-0.39, 0.29) is 0 Å². The predicted molar refractivity (Wildman–Crippen MR) is 127 cm³/mol. The van der Waals surface area contributed by atoms with E-state index < -0.39 is 35.3 Å². The number of ether oxygens (including phenoxy) is 1. The Balaban J connectivity index is 1.73. The maximum absolute atomic E-state index is 12.8. The van der Waals surface area contributed by atoms with Gasteiger partial charge in [-0.25, -0.2) is 9.78 Å². The van der Waals surface area contributed by atoms with Crippen molar-refractivity contribution in [3.8, 4) is 0 Å². The smallest absolute Gasteiger partial charge is 0.408 e. The highest BCUT2D eigenvalue weighted by Crippen LogP contribution is 2.39. The number of unbranched alkanes of at least 4 members (excludes halogenated alkanes) is 1. The number of amides is 2. The number of benzene rings is 1. The number of ketones is 1. The first-order valence-electron chi connectivity index (χ1n) is 10.9. The van der Waals surface area contributed by atoms with Crippen molar-refractivity contribution in [2.45, 2.75) is 59.1 Å². The monoisotopic (exact) mass is 471 g/mol. The van der Waals surface area contributed by atoms with Gasteiger partial charge in [0, 0.05) is 11.5 Å². The fourth-order valence-electron chi connectivity index (χ4n) is 3.23. The van der Waals surface area contributed by atoms with E-state index >= 15 is 0 Å². The van der Waals surface area contributed by atoms with Gasteiger partial charge < -0.3 is 15.4 Å². The average molecular weight is 472 g/mol. The molecule has 3 aromatic rings. The van der Waals surface area contributed by atoms with Crippen molar-refractivity contribution >= 4 is 45.2 Å². The van der Waals surface area contributed by atoms with Crippen LogP contribution in [0.5, 0.6) is 0 Å². The number of para-hydroxylation sites is 1. The molecule has 2 aromatic heterocycles. The largest absolute Gasteiger partial charge is 0.438 e. The van der Waals surface area contributed by atoms with Gasteiger partial charge in [0.2, 0.25) is 5.78 Å². The molecule has 2 heterocycles. The highest BCUT2D eigenvalue weighted by molar-refractivity contribution is 7.18. The normalized spacial score (nSPS) is 13.3. The molecule has 33 heavy (non-hydrogen) atoms. The molecule has 0 saturated heterocycles. The Morgan fingerprint density at radius 2 is 1.94 bits per heavy atom. The number of thiazole rings is 1. The van der Waals surface area contributed by atoms with Crippen LogP contribution in [-0.2, 0) is 14.3 Å². The van der Waals surface area contributed by atoms with Crippen LogP contribution in [0.15, 0.2) is 36.5 Å². The summed E-state index contributed by atoms with van der Waals surface area (Å²) >= 11 is 1.46. The van der Waals surface area contributed by atoms with Crippen LogP contribution in [-0.4, -0.2) is 39.0 Å². The number of carbonyl (C=O) groups is 3. The summed E-state index contributed by atoms with van der Waals surface area (Å²) in [6.07, 6.45) is 1.85. The summed E-state index contributed by atoms with van der Waals surface area (Å²) in [7, 11) is 0. The quantitative estimate of drug-likeness (QED) is 0.392. The number of aromatic amines is 1. The molecular weight excluding hydrogens is 442 g/mol. The molecule has 3 N–H and O–H groups in total. The fraction of sp³-hybridized carbons (Fsp3) is 0.435. The molecule has 0 radical (unpaired) electrons. The predicted octanol–water partition coefficient (Wildman–Crippen LogP) is 4.60. The number of carbonyl (C=O) groups excluding carboxylic acids is 3. The molecule has 3 rings (SSSR count). The second kappa shape index (κ2) is 10.6. The van der Waals surface area contributed by atoms with Crippen molar-refractivity contribution in [3.05, 3.63) is 41.5 Å². The summed E-state index contributed by atoms with van der Waals surface area (Å²) in [4.78, 5) is 42.6. The lowest BCUT2D eigenvalue weighted by atomic mass is 9.89. The van der Waals surface area contributed by atoms with E-state index in [0.717, 1.165) is 16.6 Å². The molecule has 0 aliphatic rings. The summed E-state index contributed by atoms with van der Waals surface area (Å²) in [5, 5.41) is 12.0. The zero-order valence-electron chi connectivity index (χ0n) is 19.2. The van der Waals surface area contributed by atoms with Gasteiger partial charge in [-0.3, -0.25) is 14.7 Å². The van der Waals surface area contributed by atoms with Crippen LogP contribution in [0.1, 0.15) is 58.1 Å². The topological polar surface area (TPSA) is 126 Å². The van der Waals surface area contributed by atoms with E-state index in [2.05, 4.69) is 25.8 Å². The van der Waals surface area contributed by atoms with E-state index in [0.29, 0.717) is 23.7 Å². The summed E-state index contributed by atoms with van der Waals surface area (Å²) in [5.74, 6) is -1.28. The van der Waals surface area contributed by atoms with E-state index in [1.807, 2.05) is 52.0 Å². The molecule has 2 atom stereocenters. The highest BCUT2D eigenvalue weighted by Gasteiger charge is 2.34. The Hall–Kier alpha value is -3.27. The van der Waals surface area contributed by atoms with Gasteiger partial charge in [-0.15, -0.1) is 11.3 Å². The first-order chi connectivity index (χ1) is 15.7. The number of nitrogens with zero attached hydrogens (tertiary/aromatic N) is 2. The van der Waals surface area contributed by atoms with Crippen LogP contribution in [0.2, 0.25) is 0 Å². The molecule has 1 aromatic carbocycles. The minimum atomic E-state index is -1.00. The molecule has 0 saturated carbocycles. The molecular formula is C23H29N5O4S. The lowest BCUT2D eigenvalue weighted by molar-refractivity contribution is -0.136. The third-order valence-electron chi connectivity index (χ3n) is 4.97. The van der Waals surface area contributed by atoms with Crippen molar-refractivity contribution < 1.29 is 19.1 Å². The lowest BCUT2D eigenvalue weighted by Gasteiger charge is -2.29. The van der Waals surface area contributed by atoms with Crippen LogP contribution in [0.4, 0.5) is 10.6 Å². The van der Waals surface area contributed by atoms with Gasteiger partial charge in [-0.2, -0.15) is 5.10 Å². The molecule has 9 nitrogen and oxygen atoms in total. The van der Waals surface area contributed by atoms with Crippen LogP contribution in [0, 0.1) is 5.41 Å². The molecule has 0 spiro atoms. The summed E-state index contributed by atoms with van der Waals surface area (Å²) in [6, 6.07) is 8.24. The van der Waals surface area contributed by atoms with Gasteiger partial charge in [-0.05, 0) is 18.6 Å². The molecule has 10 heteroatoms. The minimum Gasteiger partial charge on any atom is -0.438 e. The Kier molecular flexibility index (Phi) is 7.80. The number of anilines is 1. The second-order valence-corrected chi connectivity index (χ2v) is 9.86. The molecule has 0 bridgehead atoms. The Bertz CT molecular complexity index is 1070. The number of rotatable bonds is 9. The summed E-state index contributed by atoms with van der Waals surface area (Å²) in [6.45, 7) is 7.82. The number of aromatic nitrogens is 3. The van der Waals surface area contributed by atoms with Gasteiger partial charge in [0.1, 0.15) is 16.9 Å². The van der Waals surface area contributed by atoms with E-state index in [1.54, 1.807) is 0 Å². The van der Waals surface area contributed by atoms with E-state index in [4.69, 9.17) is 4.74 Å².